The second kappa shape index (κ2) is 16.5. The van der Waals surface area contributed by atoms with Crippen LogP contribution in [-0.4, -0.2) is 43.1 Å². The van der Waals surface area contributed by atoms with Gasteiger partial charge in [0.25, 0.3) is 5.91 Å². The van der Waals surface area contributed by atoms with Crippen LogP contribution >= 0.6 is 0 Å². The summed E-state index contributed by atoms with van der Waals surface area (Å²) in [5.74, 6) is -2.64. The number of aryl methyl sites for hydroxylation is 4. The number of benzene rings is 5. The number of carbonyl (C=O) groups excluding carboxylic acids is 3. The van der Waals surface area contributed by atoms with E-state index in [0.717, 1.165) is 56.6 Å². The van der Waals surface area contributed by atoms with Crippen LogP contribution in [0.15, 0.2) is 103 Å². The topological polar surface area (TPSA) is 88.2 Å². The number of halogens is 2. The molecule has 0 atom stereocenters. The van der Waals surface area contributed by atoms with Gasteiger partial charge in [-0.3, -0.25) is 10.1 Å². The average molecular weight is 746 g/mol. The molecule has 6 rings (SSSR count). The first-order valence-corrected chi connectivity index (χ1v) is 18.3. The standard InChI is InChI=1S/C45H45F2N3O5/c1-29-23-35(24-30(2)40(29)48-43(52)54-27-33-13-8-6-9-14-33)45(19-21-50(22-20-45)44(53)55-28-34-15-10-7-11-16-34)36-25-31(3)41(32(4)26-36)49(5)42(51)39-37(46)17-12-18-38(39)47/h6-18,23-26H,19-22,27-28H2,1-5H3,(H,48,52). The number of anilines is 2. The van der Waals surface area contributed by atoms with Crippen molar-refractivity contribution in [2.75, 3.05) is 30.4 Å². The van der Waals surface area contributed by atoms with Crippen LogP contribution in [0.5, 0.6) is 0 Å². The minimum Gasteiger partial charge on any atom is -0.445 e. The van der Waals surface area contributed by atoms with Gasteiger partial charge >= 0.3 is 12.2 Å². The molecule has 1 fully saturated rings. The van der Waals surface area contributed by atoms with Gasteiger partial charge < -0.3 is 19.3 Å². The molecule has 0 radical (unpaired) electrons. The van der Waals surface area contributed by atoms with Crippen LogP contribution in [0.1, 0.15) is 67.7 Å². The molecule has 0 aromatic heterocycles. The third-order valence-corrected chi connectivity index (χ3v) is 10.5. The number of piperidine rings is 1. The third-order valence-electron chi connectivity index (χ3n) is 10.5. The second-order valence-electron chi connectivity index (χ2n) is 14.2. The molecule has 55 heavy (non-hydrogen) atoms. The van der Waals surface area contributed by atoms with E-state index in [1.165, 1.54) is 18.0 Å². The number of nitrogens with one attached hydrogen (secondary N) is 1. The van der Waals surface area contributed by atoms with E-state index in [1.54, 1.807) is 4.90 Å². The van der Waals surface area contributed by atoms with Crippen LogP contribution in [0, 0.1) is 39.3 Å². The Hall–Kier alpha value is -6.03. The van der Waals surface area contributed by atoms with Gasteiger partial charge in [0.2, 0.25) is 0 Å². The second-order valence-corrected chi connectivity index (χ2v) is 14.2. The summed E-state index contributed by atoms with van der Waals surface area (Å²) in [6.45, 7) is 8.78. The SMILES string of the molecule is Cc1cc(C2(c3cc(C)c(N(C)C(=O)c4c(F)cccc4F)c(C)c3)CCN(C(=O)OCc3ccccc3)CC2)cc(C)c1NC(=O)OCc1ccccc1. The van der Waals surface area contributed by atoms with E-state index in [2.05, 4.69) is 17.4 Å². The van der Waals surface area contributed by atoms with Gasteiger partial charge in [-0.1, -0.05) is 91.0 Å². The molecule has 5 aromatic carbocycles. The highest BCUT2D eigenvalue weighted by atomic mass is 19.1. The molecule has 3 amide bonds. The highest BCUT2D eigenvalue weighted by Gasteiger charge is 2.41. The van der Waals surface area contributed by atoms with Gasteiger partial charge in [0.1, 0.15) is 30.4 Å². The van der Waals surface area contributed by atoms with Gasteiger partial charge in [-0.25, -0.2) is 18.4 Å². The summed E-state index contributed by atoms with van der Waals surface area (Å²) in [5.41, 5.74) is 6.97. The number of rotatable bonds is 9. The van der Waals surface area contributed by atoms with E-state index in [1.807, 2.05) is 100 Å². The van der Waals surface area contributed by atoms with E-state index in [4.69, 9.17) is 9.47 Å². The van der Waals surface area contributed by atoms with Gasteiger partial charge in [-0.15, -0.1) is 0 Å². The molecule has 0 aliphatic carbocycles. The molecule has 5 aromatic rings. The lowest BCUT2D eigenvalue weighted by Gasteiger charge is -2.43. The molecular weight excluding hydrogens is 701 g/mol. The largest absolute Gasteiger partial charge is 0.445 e. The summed E-state index contributed by atoms with van der Waals surface area (Å²) >= 11 is 0. The van der Waals surface area contributed by atoms with Gasteiger partial charge in [-0.05, 0) is 97.2 Å². The Morgan fingerprint density at radius 1 is 0.691 bits per heavy atom. The number of hydrogen-bond acceptors (Lipinski definition) is 5. The van der Waals surface area contributed by atoms with Gasteiger partial charge in [-0.2, -0.15) is 0 Å². The number of hydrogen-bond donors (Lipinski definition) is 1. The summed E-state index contributed by atoms with van der Waals surface area (Å²) in [6.07, 6.45) is 0.175. The smallest absolute Gasteiger partial charge is 0.411 e. The average Bonchev–Trinajstić information content (AvgIpc) is 3.17. The summed E-state index contributed by atoms with van der Waals surface area (Å²) < 4.78 is 40.5. The van der Waals surface area contributed by atoms with Crippen LogP contribution in [0.3, 0.4) is 0 Å². The lowest BCUT2D eigenvalue weighted by atomic mass is 9.67. The Morgan fingerprint density at radius 3 is 1.67 bits per heavy atom. The minimum absolute atomic E-state index is 0.140. The van der Waals surface area contributed by atoms with Crippen LogP contribution in [0.4, 0.5) is 29.7 Å². The first-order valence-electron chi connectivity index (χ1n) is 18.3. The van der Waals surface area contributed by atoms with E-state index < -0.39 is 34.6 Å². The van der Waals surface area contributed by atoms with Crippen molar-refractivity contribution in [3.8, 4) is 0 Å². The van der Waals surface area contributed by atoms with E-state index in [0.29, 0.717) is 37.3 Å². The molecular formula is C45H45F2N3O5. The Bertz CT molecular complexity index is 2140. The molecule has 10 heteroatoms. The number of likely N-dealkylation sites (tertiary alicyclic amines) is 1. The summed E-state index contributed by atoms with van der Waals surface area (Å²) in [5, 5.41) is 2.93. The summed E-state index contributed by atoms with van der Waals surface area (Å²) in [7, 11) is 1.52. The molecule has 1 heterocycles. The van der Waals surface area contributed by atoms with Crippen molar-refractivity contribution in [3.05, 3.63) is 165 Å². The first kappa shape index (κ1) is 38.7. The number of amides is 3. The Morgan fingerprint density at radius 2 is 1.16 bits per heavy atom. The number of ether oxygens (including phenoxy) is 2. The molecule has 0 bridgehead atoms. The molecule has 0 spiro atoms. The van der Waals surface area contributed by atoms with Gasteiger partial charge in [0.15, 0.2) is 0 Å². The Labute approximate surface area is 320 Å². The Kier molecular flexibility index (Phi) is 11.6. The fraction of sp³-hybridized carbons (Fsp3) is 0.267. The van der Waals surface area contributed by atoms with Gasteiger partial charge in [0, 0.05) is 36.9 Å². The normalized spacial score (nSPS) is 13.5. The minimum atomic E-state index is -0.926. The maximum atomic E-state index is 14.7. The van der Waals surface area contributed by atoms with Crippen LogP contribution < -0.4 is 10.2 Å². The monoisotopic (exact) mass is 745 g/mol. The molecule has 1 N–H and O–H groups in total. The molecule has 1 aliphatic heterocycles. The Balaban J connectivity index is 1.31. The summed E-state index contributed by atoms with van der Waals surface area (Å²) in [4.78, 5) is 42.6. The molecule has 0 saturated carbocycles. The molecule has 0 unspecified atom stereocenters. The quantitative estimate of drug-likeness (QED) is 0.162. The van der Waals surface area contributed by atoms with Crippen LogP contribution in [-0.2, 0) is 28.1 Å². The predicted molar refractivity (Wildman–Crippen MR) is 209 cm³/mol. The maximum absolute atomic E-state index is 14.7. The fourth-order valence-electron chi connectivity index (χ4n) is 7.66. The molecule has 1 saturated heterocycles. The van der Waals surface area contributed by atoms with Crippen molar-refractivity contribution < 1.29 is 32.6 Å². The van der Waals surface area contributed by atoms with Crippen molar-refractivity contribution in [2.45, 2.75) is 59.2 Å². The van der Waals surface area contributed by atoms with E-state index in [9.17, 15) is 23.2 Å². The lowest BCUT2D eigenvalue weighted by Crippen LogP contribution is -2.46. The van der Waals surface area contributed by atoms with E-state index >= 15 is 0 Å². The fourth-order valence-corrected chi connectivity index (χ4v) is 7.66. The zero-order valence-corrected chi connectivity index (χ0v) is 31.7. The zero-order valence-electron chi connectivity index (χ0n) is 31.7. The zero-order chi connectivity index (χ0) is 39.3. The molecule has 1 aliphatic rings. The highest BCUT2D eigenvalue weighted by Crippen LogP contribution is 2.45. The number of nitrogens with zero attached hydrogens (tertiary/aromatic N) is 2. The van der Waals surface area contributed by atoms with Crippen molar-refractivity contribution in [1.29, 1.82) is 0 Å². The first-order chi connectivity index (χ1) is 26.4. The maximum Gasteiger partial charge on any atom is 0.411 e. The van der Waals surface area contributed by atoms with Crippen molar-refractivity contribution >= 4 is 29.5 Å². The molecule has 8 nitrogen and oxygen atoms in total. The highest BCUT2D eigenvalue weighted by molar-refractivity contribution is 6.07. The predicted octanol–water partition coefficient (Wildman–Crippen LogP) is 9.94. The lowest BCUT2D eigenvalue weighted by molar-refractivity contribution is 0.0813. The summed E-state index contributed by atoms with van der Waals surface area (Å²) in [6, 6.07) is 30.5. The van der Waals surface area contributed by atoms with Crippen LogP contribution in [0.2, 0.25) is 0 Å². The van der Waals surface area contributed by atoms with Crippen molar-refractivity contribution in [3.63, 3.8) is 0 Å². The van der Waals surface area contributed by atoms with E-state index in [-0.39, 0.29) is 19.3 Å². The third kappa shape index (κ3) is 8.38. The van der Waals surface area contributed by atoms with Crippen molar-refractivity contribution in [2.24, 2.45) is 0 Å². The van der Waals surface area contributed by atoms with Crippen LogP contribution in [0.25, 0.3) is 0 Å². The molecule has 284 valence electrons. The van der Waals surface area contributed by atoms with Gasteiger partial charge in [0.05, 0.1) is 0 Å². The number of carbonyl (C=O) groups is 3. The van der Waals surface area contributed by atoms with Crippen molar-refractivity contribution in [1.82, 2.24) is 4.90 Å².